The zero-order valence-electron chi connectivity index (χ0n) is 14.2. The molecule has 23 heavy (non-hydrogen) atoms. The van der Waals surface area contributed by atoms with Crippen LogP contribution in [0.1, 0.15) is 25.0 Å². The Labute approximate surface area is 138 Å². The van der Waals surface area contributed by atoms with Crippen molar-refractivity contribution in [2.45, 2.75) is 32.7 Å². The lowest BCUT2D eigenvalue weighted by atomic mass is 10.0. The van der Waals surface area contributed by atoms with Gasteiger partial charge >= 0.3 is 6.09 Å². The van der Waals surface area contributed by atoms with Gasteiger partial charge in [-0.25, -0.2) is 4.79 Å². The van der Waals surface area contributed by atoms with Gasteiger partial charge in [-0.15, -0.1) is 0 Å². The van der Waals surface area contributed by atoms with Crippen molar-refractivity contribution < 1.29 is 9.53 Å². The number of carbonyl (C=O) groups excluding carboxylic acids is 1. The highest BCUT2D eigenvalue weighted by atomic mass is 16.6. The lowest BCUT2D eigenvalue weighted by molar-refractivity contribution is 0.0799. The SMILES string of the molecule is CCOC(=O)N1CCN(CCc2ccc3c(c2)CC(C)N3)CC1. The Kier molecular flexibility index (Phi) is 5.06. The first kappa shape index (κ1) is 16.1. The van der Waals surface area contributed by atoms with Crippen LogP contribution in [0.15, 0.2) is 18.2 Å². The number of fused-ring (bicyclic) bond motifs is 1. The summed E-state index contributed by atoms with van der Waals surface area (Å²) in [4.78, 5) is 15.9. The number of rotatable bonds is 4. The third-order valence-corrected chi connectivity index (χ3v) is 4.71. The summed E-state index contributed by atoms with van der Waals surface area (Å²) in [6.07, 6.45) is 2.02. The molecule has 0 spiro atoms. The highest BCUT2D eigenvalue weighted by Crippen LogP contribution is 2.26. The zero-order valence-corrected chi connectivity index (χ0v) is 14.2. The molecule has 0 radical (unpaired) electrons. The highest BCUT2D eigenvalue weighted by Gasteiger charge is 2.22. The molecule has 0 aliphatic carbocycles. The molecule has 3 rings (SSSR count). The van der Waals surface area contributed by atoms with E-state index in [9.17, 15) is 4.79 Å². The van der Waals surface area contributed by atoms with Crippen LogP contribution in [-0.2, 0) is 17.6 Å². The number of hydrogen-bond acceptors (Lipinski definition) is 4. The van der Waals surface area contributed by atoms with Crippen LogP contribution in [0, 0.1) is 0 Å². The smallest absolute Gasteiger partial charge is 0.409 e. The number of nitrogens with zero attached hydrogens (tertiary/aromatic N) is 2. The predicted molar refractivity (Wildman–Crippen MR) is 92.0 cm³/mol. The Hall–Kier alpha value is -1.75. The molecule has 0 bridgehead atoms. The Morgan fingerprint density at radius 1 is 1.30 bits per heavy atom. The van der Waals surface area contributed by atoms with Crippen LogP contribution < -0.4 is 5.32 Å². The van der Waals surface area contributed by atoms with Crippen LogP contribution in [0.3, 0.4) is 0 Å². The minimum atomic E-state index is -0.174. The summed E-state index contributed by atoms with van der Waals surface area (Å²) >= 11 is 0. The van der Waals surface area contributed by atoms with Crippen molar-refractivity contribution in [3.8, 4) is 0 Å². The van der Waals surface area contributed by atoms with Gasteiger partial charge in [-0.1, -0.05) is 12.1 Å². The highest BCUT2D eigenvalue weighted by molar-refractivity contribution is 5.67. The first-order valence-electron chi connectivity index (χ1n) is 8.68. The van der Waals surface area contributed by atoms with Crippen molar-refractivity contribution in [1.29, 1.82) is 0 Å². The average Bonchev–Trinajstić information content (AvgIpc) is 2.93. The van der Waals surface area contributed by atoms with E-state index < -0.39 is 0 Å². The van der Waals surface area contributed by atoms with Gasteiger partial charge in [0.2, 0.25) is 0 Å². The number of ether oxygens (including phenoxy) is 1. The number of anilines is 1. The van der Waals surface area contributed by atoms with Crippen LogP contribution in [0.4, 0.5) is 10.5 Å². The first-order chi connectivity index (χ1) is 11.2. The maximum Gasteiger partial charge on any atom is 0.409 e. The van der Waals surface area contributed by atoms with E-state index in [-0.39, 0.29) is 6.09 Å². The fourth-order valence-corrected chi connectivity index (χ4v) is 3.41. The van der Waals surface area contributed by atoms with Gasteiger partial charge in [0, 0.05) is 44.5 Å². The second-order valence-corrected chi connectivity index (χ2v) is 6.52. The van der Waals surface area contributed by atoms with E-state index in [0.717, 1.165) is 45.6 Å². The Morgan fingerprint density at radius 3 is 2.83 bits per heavy atom. The maximum absolute atomic E-state index is 11.7. The van der Waals surface area contributed by atoms with Crippen molar-refractivity contribution in [3.63, 3.8) is 0 Å². The lowest BCUT2D eigenvalue weighted by Crippen LogP contribution is -2.49. The van der Waals surface area contributed by atoms with Gasteiger partial charge in [0.15, 0.2) is 0 Å². The topological polar surface area (TPSA) is 44.8 Å². The standard InChI is InChI=1S/C18H27N3O2/c1-3-23-18(22)21-10-8-20(9-11-21)7-6-15-4-5-17-16(13-15)12-14(2)19-17/h4-5,13-14,19H,3,6-12H2,1-2H3. The van der Waals surface area contributed by atoms with Crippen molar-refractivity contribution in [2.75, 3.05) is 44.6 Å². The van der Waals surface area contributed by atoms with E-state index in [0.29, 0.717) is 12.6 Å². The molecule has 2 aliphatic heterocycles. The molecule has 1 aromatic rings. The van der Waals surface area contributed by atoms with E-state index in [2.05, 4.69) is 35.3 Å². The number of piperazine rings is 1. The average molecular weight is 317 g/mol. The molecule has 0 saturated carbocycles. The summed E-state index contributed by atoms with van der Waals surface area (Å²) in [5, 5.41) is 3.50. The van der Waals surface area contributed by atoms with Gasteiger partial charge in [0.25, 0.3) is 0 Å². The molecule has 2 heterocycles. The molecule has 126 valence electrons. The number of carbonyl (C=O) groups is 1. The lowest BCUT2D eigenvalue weighted by Gasteiger charge is -2.34. The largest absolute Gasteiger partial charge is 0.450 e. The minimum absolute atomic E-state index is 0.174. The van der Waals surface area contributed by atoms with Gasteiger partial charge < -0.3 is 15.0 Å². The third kappa shape index (κ3) is 3.96. The van der Waals surface area contributed by atoms with E-state index in [4.69, 9.17) is 4.74 Å². The maximum atomic E-state index is 11.7. The summed E-state index contributed by atoms with van der Waals surface area (Å²) in [5.41, 5.74) is 4.15. The minimum Gasteiger partial charge on any atom is -0.450 e. The predicted octanol–water partition coefficient (Wildman–Crippen LogP) is 2.36. The Balaban J connectivity index is 1.45. The molecule has 0 aromatic heterocycles. The van der Waals surface area contributed by atoms with Gasteiger partial charge in [-0.2, -0.15) is 0 Å². The fourth-order valence-electron chi connectivity index (χ4n) is 3.41. The van der Waals surface area contributed by atoms with Crippen molar-refractivity contribution in [2.24, 2.45) is 0 Å². The second kappa shape index (κ2) is 7.21. The summed E-state index contributed by atoms with van der Waals surface area (Å²) in [5.74, 6) is 0. The van der Waals surface area contributed by atoms with Gasteiger partial charge in [0.05, 0.1) is 6.61 Å². The Bertz CT molecular complexity index is 553. The molecule has 1 atom stereocenters. The first-order valence-corrected chi connectivity index (χ1v) is 8.68. The van der Waals surface area contributed by atoms with Crippen LogP contribution in [0.2, 0.25) is 0 Å². The zero-order chi connectivity index (χ0) is 16.2. The van der Waals surface area contributed by atoms with Gasteiger partial charge in [-0.3, -0.25) is 4.90 Å². The third-order valence-electron chi connectivity index (χ3n) is 4.71. The molecular formula is C18H27N3O2. The fraction of sp³-hybridized carbons (Fsp3) is 0.611. The summed E-state index contributed by atoms with van der Waals surface area (Å²) in [6, 6.07) is 7.35. The summed E-state index contributed by atoms with van der Waals surface area (Å²) in [7, 11) is 0. The molecule has 1 saturated heterocycles. The monoisotopic (exact) mass is 317 g/mol. The molecular weight excluding hydrogens is 290 g/mol. The number of nitrogens with one attached hydrogen (secondary N) is 1. The van der Waals surface area contributed by atoms with Crippen molar-refractivity contribution >= 4 is 11.8 Å². The van der Waals surface area contributed by atoms with Crippen LogP contribution in [0.25, 0.3) is 0 Å². The van der Waals surface area contributed by atoms with Crippen molar-refractivity contribution in [3.05, 3.63) is 29.3 Å². The number of benzene rings is 1. The molecule has 2 aliphatic rings. The van der Waals surface area contributed by atoms with E-state index in [1.807, 2.05) is 11.8 Å². The van der Waals surface area contributed by atoms with Crippen LogP contribution >= 0.6 is 0 Å². The molecule has 1 aromatic carbocycles. The summed E-state index contributed by atoms with van der Waals surface area (Å²) < 4.78 is 5.06. The van der Waals surface area contributed by atoms with Gasteiger partial charge in [0.1, 0.15) is 0 Å². The molecule has 1 fully saturated rings. The molecule has 5 nitrogen and oxygen atoms in total. The number of amides is 1. The van der Waals surface area contributed by atoms with Crippen LogP contribution in [-0.4, -0.2) is 61.3 Å². The van der Waals surface area contributed by atoms with E-state index in [1.54, 1.807) is 0 Å². The normalized spacial score (nSPS) is 21.0. The number of hydrogen-bond donors (Lipinski definition) is 1. The molecule has 5 heteroatoms. The van der Waals surface area contributed by atoms with Crippen molar-refractivity contribution in [1.82, 2.24) is 9.80 Å². The molecule has 1 amide bonds. The molecule has 1 unspecified atom stereocenters. The second-order valence-electron chi connectivity index (χ2n) is 6.52. The van der Waals surface area contributed by atoms with E-state index in [1.165, 1.54) is 16.8 Å². The summed E-state index contributed by atoms with van der Waals surface area (Å²) in [6.45, 7) is 8.98. The van der Waals surface area contributed by atoms with Gasteiger partial charge in [-0.05, 0) is 43.9 Å². The Morgan fingerprint density at radius 2 is 2.09 bits per heavy atom. The quantitative estimate of drug-likeness (QED) is 0.926. The molecule has 1 N–H and O–H groups in total. The van der Waals surface area contributed by atoms with Crippen LogP contribution in [0.5, 0.6) is 0 Å². The van der Waals surface area contributed by atoms with E-state index >= 15 is 0 Å².